The largest absolute Gasteiger partial charge is 0.424 e. The molecule has 0 aliphatic rings. The first-order valence-electron chi connectivity index (χ1n) is 4.65. The topological polar surface area (TPSA) is 111 Å². The summed E-state index contributed by atoms with van der Waals surface area (Å²) in [4.78, 5) is 26.2. The number of carbonyl (C=O) groups is 2. The van der Waals surface area contributed by atoms with E-state index in [1.54, 1.807) is 18.2 Å². The zero-order chi connectivity index (χ0) is 12.9. The van der Waals surface area contributed by atoms with Crippen LogP contribution in [0.15, 0.2) is 30.3 Å². The van der Waals surface area contributed by atoms with E-state index in [1.165, 1.54) is 19.2 Å². The molecule has 1 atom stereocenters. The van der Waals surface area contributed by atoms with Crippen molar-refractivity contribution in [1.82, 2.24) is 5.32 Å². The van der Waals surface area contributed by atoms with Crippen molar-refractivity contribution in [1.29, 1.82) is 0 Å². The summed E-state index contributed by atoms with van der Waals surface area (Å²) in [7, 11) is 1.25. The number of benzene rings is 1. The van der Waals surface area contributed by atoms with E-state index in [4.69, 9.17) is 15.7 Å². The van der Waals surface area contributed by atoms with Gasteiger partial charge in [-0.15, -0.1) is 0 Å². The van der Waals surface area contributed by atoms with Crippen molar-refractivity contribution >= 4 is 11.9 Å². The first kappa shape index (κ1) is 13.1. The van der Waals surface area contributed by atoms with E-state index in [0.717, 1.165) is 0 Å². The lowest BCUT2D eigenvalue weighted by molar-refractivity contribution is -0.241. The molecule has 0 amide bonds. The van der Waals surface area contributed by atoms with Crippen molar-refractivity contribution < 1.29 is 24.5 Å². The Labute approximate surface area is 97.1 Å². The number of esters is 1. The fraction of sp³-hybridized carbons (Fsp3) is 0.200. The molecular formula is C10H12N2O5. The quantitative estimate of drug-likeness (QED) is 0.162. The van der Waals surface area contributed by atoms with Gasteiger partial charge < -0.3 is 4.74 Å². The Hall–Kier alpha value is -1.96. The Balaban J connectivity index is 2.85. The predicted molar refractivity (Wildman–Crippen MR) is 56.8 cm³/mol. The fourth-order valence-corrected chi connectivity index (χ4v) is 1.04. The van der Waals surface area contributed by atoms with Crippen LogP contribution < -0.4 is 15.8 Å². The standard InChI is InChI=1S/C10H12N2O5/c1-12-10(11,9(14)17-15)8(13)16-7-5-3-2-4-6-7/h2-6,12,15H,11H2,1H3. The molecule has 7 nitrogen and oxygen atoms in total. The first-order valence-corrected chi connectivity index (χ1v) is 4.65. The van der Waals surface area contributed by atoms with Gasteiger partial charge in [0.05, 0.1) is 0 Å². The molecule has 1 unspecified atom stereocenters. The second kappa shape index (κ2) is 5.39. The molecule has 4 N–H and O–H groups in total. The SMILES string of the molecule is CNC(N)(C(=O)OO)C(=O)Oc1ccccc1. The van der Waals surface area contributed by atoms with Crippen molar-refractivity contribution in [3.05, 3.63) is 30.3 Å². The molecule has 0 radical (unpaired) electrons. The van der Waals surface area contributed by atoms with Gasteiger partial charge in [0.25, 0.3) is 5.66 Å². The van der Waals surface area contributed by atoms with E-state index in [9.17, 15) is 9.59 Å². The fourth-order valence-electron chi connectivity index (χ4n) is 1.04. The molecule has 0 aliphatic heterocycles. The molecule has 0 saturated carbocycles. The highest BCUT2D eigenvalue weighted by molar-refractivity contribution is 6.04. The van der Waals surface area contributed by atoms with Crippen molar-refractivity contribution in [3.63, 3.8) is 0 Å². The van der Waals surface area contributed by atoms with Crippen LogP contribution >= 0.6 is 0 Å². The summed E-state index contributed by atoms with van der Waals surface area (Å²) in [5.74, 6) is -2.24. The number of carbonyl (C=O) groups excluding carboxylic acids is 2. The average Bonchev–Trinajstić information content (AvgIpc) is 2.37. The van der Waals surface area contributed by atoms with E-state index >= 15 is 0 Å². The van der Waals surface area contributed by atoms with Gasteiger partial charge in [0, 0.05) is 0 Å². The second-order valence-electron chi connectivity index (χ2n) is 3.14. The molecule has 1 aromatic carbocycles. The first-order chi connectivity index (χ1) is 8.04. The molecule has 0 saturated heterocycles. The van der Waals surface area contributed by atoms with Gasteiger partial charge in [-0.1, -0.05) is 18.2 Å². The maximum atomic E-state index is 11.6. The normalized spacial score (nSPS) is 13.6. The summed E-state index contributed by atoms with van der Waals surface area (Å²) in [6.07, 6.45) is 0. The van der Waals surface area contributed by atoms with Gasteiger partial charge in [0.1, 0.15) is 5.75 Å². The molecule has 0 spiro atoms. The van der Waals surface area contributed by atoms with E-state index in [2.05, 4.69) is 10.2 Å². The number of likely N-dealkylation sites (N-methyl/N-ethyl adjacent to an activating group) is 1. The number of ether oxygens (including phenoxy) is 1. The summed E-state index contributed by atoms with van der Waals surface area (Å²) in [5, 5.41) is 10.5. The molecule has 0 fully saturated rings. The Bertz CT molecular complexity index is 408. The molecular weight excluding hydrogens is 228 g/mol. The van der Waals surface area contributed by atoms with Crippen molar-refractivity contribution in [2.75, 3.05) is 7.05 Å². The van der Waals surface area contributed by atoms with Crippen molar-refractivity contribution in [2.45, 2.75) is 5.66 Å². The molecule has 1 rings (SSSR count). The van der Waals surface area contributed by atoms with Crippen LogP contribution in [0.5, 0.6) is 5.75 Å². The van der Waals surface area contributed by atoms with Crippen LogP contribution in [0.3, 0.4) is 0 Å². The van der Waals surface area contributed by atoms with E-state index in [0.29, 0.717) is 0 Å². The van der Waals surface area contributed by atoms with Crippen LogP contribution in [-0.4, -0.2) is 29.9 Å². The third kappa shape index (κ3) is 2.78. The van der Waals surface area contributed by atoms with E-state index in [1.807, 2.05) is 0 Å². The van der Waals surface area contributed by atoms with Crippen molar-refractivity contribution in [2.24, 2.45) is 5.73 Å². The highest BCUT2D eigenvalue weighted by Gasteiger charge is 2.45. The third-order valence-corrected chi connectivity index (χ3v) is 2.07. The summed E-state index contributed by atoms with van der Waals surface area (Å²) in [6, 6.07) is 8.04. The zero-order valence-corrected chi connectivity index (χ0v) is 9.04. The second-order valence-corrected chi connectivity index (χ2v) is 3.14. The summed E-state index contributed by atoms with van der Waals surface area (Å²) >= 11 is 0. The Morgan fingerprint density at radius 1 is 1.29 bits per heavy atom. The van der Waals surface area contributed by atoms with Crippen LogP contribution in [0.1, 0.15) is 0 Å². The summed E-state index contributed by atoms with van der Waals surface area (Å²) in [6.45, 7) is 0. The van der Waals surface area contributed by atoms with Gasteiger partial charge >= 0.3 is 11.9 Å². The van der Waals surface area contributed by atoms with Crippen LogP contribution in [0.4, 0.5) is 0 Å². The number of para-hydroxylation sites is 1. The molecule has 92 valence electrons. The Morgan fingerprint density at radius 2 is 1.88 bits per heavy atom. The molecule has 0 bridgehead atoms. The van der Waals surface area contributed by atoms with Gasteiger partial charge in [0.2, 0.25) is 0 Å². The maximum Gasteiger partial charge on any atom is 0.387 e. The lowest BCUT2D eigenvalue weighted by Crippen LogP contribution is -2.66. The minimum atomic E-state index is -2.26. The lowest BCUT2D eigenvalue weighted by atomic mass is 10.2. The molecule has 0 heterocycles. The zero-order valence-electron chi connectivity index (χ0n) is 9.04. The molecule has 17 heavy (non-hydrogen) atoms. The minimum absolute atomic E-state index is 0.216. The van der Waals surface area contributed by atoms with Gasteiger partial charge in [-0.05, 0) is 19.2 Å². The van der Waals surface area contributed by atoms with Gasteiger partial charge in [-0.2, -0.15) is 5.26 Å². The number of hydrogen-bond acceptors (Lipinski definition) is 7. The monoisotopic (exact) mass is 240 g/mol. The highest BCUT2D eigenvalue weighted by Crippen LogP contribution is 2.11. The van der Waals surface area contributed by atoms with Crippen LogP contribution in [0.2, 0.25) is 0 Å². The smallest absolute Gasteiger partial charge is 0.387 e. The van der Waals surface area contributed by atoms with Crippen LogP contribution in [0, 0.1) is 0 Å². The number of rotatable bonds is 4. The van der Waals surface area contributed by atoms with E-state index in [-0.39, 0.29) is 5.75 Å². The number of hydrogen-bond donors (Lipinski definition) is 3. The number of nitrogens with two attached hydrogens (primary N) is 1. The Morgan fingerprint density at radius 3 is 2.35 bits per heavy atom. The van der Waals surface area contributed by atoms with Crippen LogP contribution in [-0.2, 0) is 14.5 Å². The average molecular weight is 240 g/mol. The summed E-state index contributed by atoms with van der Waals surface area (Å²) < 4.78 is 4.86. The van der Waals surface area contributed by atoms with E-state index < -0.39 is 17.6 Å². The lowest BCUT2D eigenvalue weighted by Gasteiger charge is -2.22. The Kier molecular flexibility index (Phi) is 4.16. The minimum Gasteiger partial charge on any atom is -0.424 e. The molecule has 0 aliphatic carbocycles. The maximum absolute atomic E-state index is 11.6. The van der Waals surface area contributed by atoms with Gasteiger partial charge in [0.15, 0.2) is 0 Å². The third-order valence-electron chi connectivity index (χ3n) is 2.07. The number of nitrogens with one attached hydrogen (secondary N) is 1. The molecule has 0 aromatic heterocycles. The highest BCUT2D eigenvalue weighted by atomic mass is 17.1. The predicted octanol–water partition coefficient (Wildman–Crippen LogP) is -0.517. The molecule has 1 aromatic rings. The molecule has 7 heteroatoms. The van der Waals surface area contributed by atoms with Gasteiger partial charge in [-0.25, -0.2) is 9.59 Å². The van der Waals surface area contributed by atoms with Crippen LogP contribution in [0.25, 0.3) is 0 Å². The van der Waals surface area contributed by atoms with Gasteiger partial charge in [-0.3, -0.25) is 15.9 Å². The summed E-state index contributed by atoms with van der Waals surface area (Å²) in [5.41, 5.74) is 3.16. The van der Waals surface area contributed by atoms with Crippen molar-refractivity contribution in [3.8, 4) is 5.75 Å².